The molecule has 2 saturated heterocycles. The molecule has 0 bridgehead atoms. The van der Waals surface area contributed by atoms with E-state index in [1.807, 2.05) is 11.0 Å². The first-order valence-electron chi connectivity index (χ1n) is 9.19. The van der Waals surface area contributed by atoms with Gasteiger partial charge < -0.3 is 14.5 Å². The van der Waals surface area contributed by atoms with E-state index in [1.165, 1.54) is 5.56 Å². The second-order valence-electron chi connectivity index (χ2n) is 7.72. The predicted octanol–water partition coefficient (Wildman–Crippen LogP) is 1.94. The van der Waals surface area contributed by atoms with Gasteiger partial charge >= 0.3 is 0 Å². The highest BCUT2D eigenvalue weighted by Crippen LogP contribution is 2.42. The van der Waals surface area contributed by atoms with Crippen LogP contribution in [0.2, 0.25) is 0 Å². The van der Waals surface area contributed by atoms with Gasteiger partial charge in [0.05, 0.1) is 12.3 Å². The maximum absolute atomic E-state index is 12.7. The number of piperidine rings is 1. The lowest BCUT2D eigenvalue weighted by molar-refractivity contribution is 0.00984. The van der Waals surface area contributed by atoms with Gasteiger partial charge in [-0.25, -0.2) is 0 Å². The maximum atomic E-state index is 12.7. The number of aryl methyl sites for hydroxylation is 1. The van der Waals surface area contributed by atoms with E-state index in [0.717, 1.165) is 26.1 Å². The first-order valence-corrected chi connectivity index (χ1v) is 9.19. The number of aliphatic hydroxyl groups is 1. The lowest BCUT2D eigenvalue weighted by Gasteiger charge is -2.42. The first-order chi connectivity index (χ1) is 12.6. The van der Waals surface area contributed by atoms with E-state index < -0.39 is 0 Å². The van der Waals surface area contributed by atoms with Crippen LogP contribution in [-0.2, 0) is 6.54 Å². The molecule has 1 amide bonds. The Labute approximate surface area is 153 Å². The van der Waals surface area contributed by atoms with Crippen molar-refractivity contribution in [2.45, 2.75) is 19.9 Å². The fourth-order valence-electron chi connectivity index (χ4n) is 4.48. The van der Waals surface area contributed by atoms with Crippen molar-refractivity contribution in [2.24, 2.45) is 11.3 Å². The lowest BCUT2D eigenvalue weighted by atomic mass is 9.74. The Morgan fingerprint density at radius 1 is 1.35 bits per heavy atom. The van der Waals surface area contributed by atoms with Crippen molar-refractivity contribution < 1.29 is 14.4 Å². The van der Waals surface area contributed by atoms with Gasteiger partial charge in [-0.3, -0.25) is 9.69 Å². The molecule has 0 unspecified atom stereocenters. The number of aromatic nitrogens is 1. The van der Waals surface area contributed by atoms with Gasteiger partial charge in [-0.05, 0) is 24.8 Å². The Morgan fingerprint density at radius 3 is 2.85 bits per heavy atom. The minimum Gasteiger partial charge on any atom is -0.396 e. The molecule has 0 radical (unpaired) electrons. The van der Waals surface area contributed by atoms with Gasteiger partial charge in [-0.2, -0.15) is 0 Å². The summed E-state index contributed by atoms with van der Waals surface area (Å²) in [6, 6.07) is 12.1. The van der Waals surface area contributed by atoms with Gasteiger partial charge in [0, 0.05) is 44.2 Å². The molecule has 2 fully saturated rings. The molecule has 2 aliphatic rings. The Balaban J connectivity index is 1.48. The van der Waals surface area contributed by atoms with Crippen LogP contribution in [0.4, 0.5) is 0 Å². The Hall–Kier alpha value is -2.18. The predicted molar refractivity (Wildman–Crippen MR) is 96.5 cm³/mol. The minimum atomic E-state index is -0.252. The Kier molecular flexibility index (Phi) is 4.54. The fraction of sp³-hybridized carbons (Fsp3) is 0.500. The molecule has 1 aromatic carbocycles. The molecule has 2 aromatic rings. The number of carbonyl (C=O) groups excluding carboxylic acids is 1. The number of benzene rings is 1. The average molecular weight is 355 g/mol. The van der Waals surface area contributed by atoms with Crippen LogP contribution in [0.1, 0.15) is 28.2 Å². The summed E-state index contributed by atoms with van der Waals surface area (Å²) in [5.41, 5.74) is 1.73. The van der Waals surface area contributed by atoms with Crippen molar-refractivity contribution >= 4 is 5.91 Å². The zero-order chi connectivity index (χ0) is 18.1. The smallest absolute Gasteiger partial charge is 0.292 e. The standard InChI is InChI=1S/C20H25N3O3/c1-15-9-18(26-21-15)19(25)23-8-7-17-11-22(12-20(17,13-23)14-24)10-16-5-3-2-4-6-16/h2-6,9,17,24H,7-8,10-14H2,1H3/t17-,20-/m0/s1. The van der Waals surface area contributed by atoms with Crippen molar-refractivity contribution in [3.8, 4) is 0 Å². The molecular weight excluding hydrogens is 330 g/mol. The molecule has 3 heterocycles. The molecule has 6 nitrogen and oxygen atoms in total. The molecule has 0 spiro atoms. The summed E-state index contributed by atoms with van der Waals surface area (Å²) in [4.78, 5) is 17.0. The van der Waals surface area contributed by atoms with Crippen molar-refractivity contribution in [1.82, 2.24) is 15.0 Å². The van der Waals surface area contributed by atoms with Crippen LogP contribution in [0.25, 0.3) is 0 Å². The number of amides is 1. The van der Waals surface area contributed by atoms with E-state index in [2.05, 4.69) is 34.3 Å². The van der Waals surface area contributed by atoms with E-state index in [0.29, 0.717) is 24.7 Å². The Morgan fingerprint density at radius 2 is 2.15 bits per heavy atom. The monoisotopic (exact) mass is 355 g/mol. The van der Waals surface area contributed by atoms with Crippen molar-refractivity contribution in [2.75, 3.05) is 32.8 Å². The number of hydrogen-bond acceptors (Lipinski definition) is 5. The van der Waals surface area contributed by atoms with Crippen LogP contribution in [0.5, 0.6) is 0 Å². The van der Waals surface area contributed by atoms with Gasteiger partial charge in [0.15, 0.2) is 0 Å². The third-order valence-electron chi connectivity index (χ3n) is 5.83. The summed E-state index contributed by atoms with van der Waals surface area (Å²) in [5.74, 6) is 0.572. The largest absolute Gasteiger partial charge is 0.396 e. The molecule has 1 N–H and O–H groups in total. The van der Waals surface area contributed by atoms with E-state index in [1.54, 1.807) is 13.0 Å². The van der Waals surface area contributed by atoms with Gasteiger partial charge in [0.2, 0.25) is 5.76 Å². The van der Waals surface area contributed by atoms with Gasteiger partial charge in [-0.1, -0.05) is 35.5 Å². The number of aliphatic hydroxyl groups excluding tert-OH is 1. The molecule has 26 heavy (non-hydrogen) atoms. The van der Waals surface area contributed by atoms with Crippen LogP contribution in [-0.4, -0.2) is 58.8 Å². The first kappa shape index (κ1) is 17.2. The summed E-state index contributed by atoms with van der Waals surface area (Å²) in [7, 11) is 0. The SMILES string of the molecule is Cc1cc(C(=O)N2CC[C@H]3CN(Cc4ccccc4)C[C@@]3(CO)C2)on1. The molecule has 138 valence electrons. The van der Waals surface area contributed by atoms with Gasteiger partial charge in [0.25, 0.3) is 5.91 Å². The quantitative estimate of drug-likeness (QED) is 0.908. The molecular formula is C20H25N3O3. The zero-order valence-corrected chi connectivity index (χ0v) is 15.1. The summed E-state index contributed by atoms with van der Waals surface area (Å²) < 4.78 is 5.14. The molecule has 2 aliphatic heterocycles. The second-order valence-corrected chi connectivity index (χ2v) is 7.72. The van der Waals surface area contributed by atoms with Gasteiger partial charge in [0.1, 0.15) is 0 Å². The molecule has 4 rings (SSSR count). The zero-order valence-electron chi connectivity index (χ0n) is 15.1. The summed E-state index contributed by atoms with van der Waals surface area (Å²) in [6.07, 6.45) is 0.907. The van der Waals surface area contributed by atoms with Crippen molar-refractivity contribution in [1.29, 1.82) is 0 Å². The molecule has 2 atom stereocenters. The van der Waals surface area contributed by atoms with Crippen LogP contribution in [0.3, 0.4) is 0 Å². The minimum absolute atomic E-state index is 0.0994. The number of nitrogens with zero attached hydrogens (tertiary/aromatic N) is 3. The third kappa shape index (κ3) is 3.15. The van der Waals surface area contributed by atoms with E-state index in [4.69, 9.17) is 4.52 Å². The van der Waals surface area contributed by atoms with Crippen molar-refractivity contribution in [3.63, 3.8) is 0 Å². The third-order valence-corrected chi connectivity index (χ3v) is 5.83. The van der Waals surface area contributed by atoms with Crippen LogP contribution in [0, 0.1) is 18.3 Å². The van der Waals surface area contributed by atoms with Crippen LogP contribution < -0.4 is 0 Å². The average Bonchev–Trinajstić information content (AvgIpc) is 3.25. The van der Waals surface area contributed by atoms with Gasteiger partial charge in [-0.15, -0.1) is 0 Å². The number of hydrogen-bond donors (Lipinski definition) is 1. The molecule has 0 saturated carbocycles. The fourth-order valence-corrected chi connectivity index (χ4v) is 4.48. The number of fused-ring (bicyclic) bond motifs is 1. The van der Waals surface area contributed by atoms with Crippen LogP contribution in [0.15, 0.2) is 40.9 Å². The highest BCUT2D eigenvalue weighted by atomic mass is 16.5. The maximum Gasteiger partial charge on any atom is 0.292 e. The number of likely N-dealkylation sites (tertiary alicyclic amines) is 2. The topological polar surface area (TPSA) is 69.8 Å². The van der Waals surface area contributed by atoms with E-state index >= 15 is 0 Å². The number of rotatable bonds is 4. The highest BCUT2D eigenvalue weighted by molar-refractivity contribution is 5.91. The summed E-state index contributed by atoms with van der Waals surface area (Å²) in [5, 5.41) is 14.0. The molecule has 1 aromatic heterocycles. The van der Waals surface area contributed by atoms with E-state index in [-0.39, 0.29) is 23.7 Å². The highest BCUT2D eigenvalue weighted by Gasteiger charge is 2.50. The normalized spacial score (nSPS) is 26.1. The summed E-state index contributed by atoms with van der Waals surface area (Å²) >= 11 is 0. The second kappa shape index (κ2) is 6.85. The molecule has 0 aliphatic carbocycles. The van der Waals surface area contributed by atoms with Crippen molar-refractivity contribution in [3.05, 3.63) is 53.4 Å². The Bertz CT molecular complexity index is 776. The molecule has 6 heteroatoms. The van der Waals surface area contributed by atoms with E-state index in [9.17, 15) is 9.90 Å². The summed E-state index contributed by atoms with van der Waals surface area (Å²) in [6.45, 7) is 5.83. The van der Waals surface area contributed by atoms with Crippen LogP contribution >= 0.6 is 0 Å². The number of carbonyl (C=O) groups is 1. The lowest BCUT2D eigenvalue weighted by Crippen LogP contribution is -2.52.